The molecule has 0 saturated heterocycles. The lowest BCUT2D eigenvalue weighted by atomic mass is 10.2. The van der Waals surface area contributed by atoms with Crippen molar-refractivity contribution in [2.24, 2.45) is 0 Å². The molecule has 1 aromatic heterocycles. The highest BCUT2D eigenvalue weighted by molar-refractivity contribution is 7.98. The van der Waals surface area contributed by atoms with Crippen LogP contribution >= 0.6 is 46.5 Å². The van der Waals surface area contributed by atoms with Crippen LogP contribution in [0.5, 0.6) is 0 Å². The molecule has 0 aliphatic carbocycles. The molecule has 0 bridgehead atoms. The van der Waals surface area contributed by atoms with Crippen LogP contribution in [0.25, 0.3) is 0 Å². The number of aliphatic hydroxyl groups is 1. The van der Waals surface area contributed by atoms with E-state index in [1.807, 2.05) is 0 Å². The van der Waals surface area contributed by atoms with Gasteiger partial charge in [0.2, 0.25) is 0 Å². The van der Waals surface area contributed by atoms with Gasteiger partial charge in [-0.2, -0.15) is 4.37 Å². The van der Waals surface area contributed by atoms with E-state index in [4.69, 9.17) is 28.3 Å². The summed E-state index contributed by atoms with van der Waals surface area (Å²) in [6.45, 7) is 0.235. The standard InChI is InChI=1S/C15H15Cl2N3O4S2/c16-9-3-2-8(6-10(9)17)7-25-13-11(14(22)23)12(26-20-13)19-15(24)18-4-1-5-21/h2-3,6,21H,1,4-5,7H2,(H,22,23)(H2,18,19,24). The fraction of sp³-hybridized carbons (Fsp3) is 0.267. The Balaban J connectivity index is 2.07. The number of rotatable bonds is 8. The van der Waals surface area contributed by atoms with E-state index in [2.05, 4.69) is 15.0 Å². The maximum atomic E-state index is 11.8. The van der Waals surface area contributed by atoms with Crippen molar-refractivity contribution in [3.05, 3.63) is 39.4 Å². The third-order valence-corrected chi connectivity index (χ3v) is 5.75. The van der Waals surface area contributed by atoms with Crippen molar-refractivity contribution in [3.8, 4) is 0 Å². The van der Waals surface area contributed by atoms with E-state index >= 15 is 0 Å². The van der Waals surface area contributed by atoms with E-state index in [-0.39, 0.29) is 23.7 Å². The maximum absolute atomic E-state index is 11.8. The number of carbonyl (C=O) groups is 2. The lowest BCUT2D eigenvalue weighted by Crippen LogP contribution is -2.30. The average Bonchev–Trinajstić information content (AvgIpc) is 2.99. The van der Waals surface area contributed by atoms with E-state index in [0.29, 0.717) is 27.2 Å². The van der Waals surface area contributed by atoms with Crippen LogP contribution in [-0.4, -0.2) is 39.7 Å². The number of aliphatic hydroxyl groups excluding tert-OH is 1. The number of nitrogens with one attached hydrogen (secondary N) is 2. The predicted molar refractivity (Wildman–Crippen MR) is 104 cm³/mol. The van der Waals surface area contributed by atoms with Gasteiger partial charge in [0, 0.05) is 18.9 Å². The van der Waals surface area contributed by atoms with Gasteiger partial charge in [-0.1, -0.05) is 41.0 Å². The van der Waals surface area contributed by atoms with Gasteiger partial charge in [-0.3, -0.25) is 5.32 Å². The fourth-order valence-corrected chi connectivity index (χ4v) is 4.06. The number of carbonyl (C=O) groups excluding carboxylic acids is 1. The Labute approximate surface area is 167 Å². The predicted octanol–water partition coefficient (Wildman–Crippen LogP) is 3.94. The second kappa shape index (κ2) is 9.98. The molecule has 11 heteroatoms. The minimum atomic E-state index is -1.18. The number of aromatic carboxylic acids is 1. The van der Waals surface area contributed by atoms with Crippen LogP contribution in [0.15, 0.2) is 23.2 Å². The zero-order valence-electron chi connectivity index (χ0n) is 13.3. The second-order valence-electron chi connectivity index (χ2n) is 4.99. The molecule has 2 aromatic rings. The van der Waals surface area contributed by atoms with E-state index in [1.54, 1.807) is 18.2 Å². The summed E-state index contributed by atoms with van der Waals surface area (Å²) in [6, 6.07) is 4.62. The molecule has 0 unspecified atom stereocenters. The van der Waals surface area contributed by atoms with Gasteiger partial charge in [-0.05, 0) is 35.6 Å². The Kier molecular flexibility index (Phi) is 7.98. The van der Waals surface area contributed by atoms with E-state index in [1.165, 1.54) is 11.8 Å². The highest BCUT2D eigenvalue weighted by atomic mass is 35.5. The number of nitrogens with zero attached hydrogens (tertiary/aromatic N) is 1. The average molecular weight is 436 g/mol. The molecule has 1 aromatic carbocycles. The molecule has 2 amide bonds. The summed E-state index contributed by atoms with van der Waals surface area (Å²) in [5.41, 5.74) is 0.808. The molecule has 0 aliphatic rings. The first-order valence-electron chi connectivity index (χ1n) is 7.37. The number of hydrogen-bond donors (Lipinski definition) is 4. The van der Waals surface area contributed by atoms with Crippen LogP contribution in [0.2, 0.25) is 10.0 Å². The highest BCUT2D eigenvalue weighted by Crippen LogP contribution is 2.34. The van der Waals surface area contributed by atoms with Crippen molar-refractivity contribution < 1.29 is 19.8 Å². The molecular formula is C15H15Cl2N3O4S2. The maximum Gasteiger partial charge on any atom is 0.341 e. The van der Waals surface area contributed by atoms with Crippen LogP contribution in [-0.2, 0) is 5.75 Å². The fourth-order valence-electron chi connectivity index (χ4n) is 1.86. The van der Waals surface area contributed by atoms with E-state index in [0.717, 1.165) is 17.1 Å². The SMILES string of the molecule is O=C(NCCCO)Nc1snc(SCc2ccc(Cl)c(Cl)c2)c1C(=O)O. The first-order chi connectivity index (χ1) is 12.4. The summed E-state index contributed by atoms with van der Waals surface area (Å²) in [5.74, 6) is -0.732. The van der Waals surface area contributed by atoms with Crippen LogP contribution in [0, 0.1) is 0 Å². The molecule has 0 aliphatic heterocycles. The van der Waals surface area contributed by atoms with Crippen molar-refractivity contribution in [1.82, 2.24) is 9.69 Å². The van der Waals surface area contributed by atoms with Crippen LogP contribution in [0.4, 0.5) is 9.80 Å². The lowest BCUT2D eigenvalue weighted by molar-refractivity contribution is 0.0694. The van der Waals surface area contributed by atoms with Gasteiger partial charge in [-0.25, -0.2) is 9.59 Å². The molecule has 0 radical (unpaired) electrons. The summed E-state index contributed by atoms with van der Waals surface area (Å²) in [7, 11) is 0. The van der Waals surface area contributed by atoms with E-state index in [9.17, 15) is 14.7 Å². The molecule has 0 fully saturated rings. The van der Waals surface area contributed by atoms with Gasteiger partial charge >= 0.3 is 12.0 Å². The Bertz CT molecular complexity index is 801. The molecule has 140 valence electrons. The first-order valence-corrected chi connectivity index (χ1v) is 9.89. The molecule has 2 rings (SSSR count). The van der Waals surface area contributed by atoms with Gasteiger partial charge in [0.25, 0.3) is 0 Å². The molecule has 0 saturated carbocycles. The Morgan fingerprint density at radius 2 is 2.04 bits per heavy atom. The van der Waals surface area contributed by atoms with Crippen LogP contribution < -0.4 is 10.6 Å². The Hall–Kier alpha value is -1.52. The lowest BCUT2D eigenvalue weighted by Gasteiger charge is -2.06. The second-order valence-corrected chi connectivity index (χ2v) is 7.54. The number of anilines is 1. The zero-order chi connectivity index (χ0) is 19.1. The third-order valence-electron chi connectivity index (χ3n) is 3.08. The largest absolute Gasteiger partial charge is 0.477 e. The topological polar surface area (TPSA) is 112 Å². The number of thioether (sulfide) groups is 1. The number of carboxylic acid groups (broad SMARTS) is 1. The number of hydrogen-bond acceptors (Lipinski definition) is 6. The summed E-state index contributed by atoms with van der Waals surface area (Å²) in [6.07, 6.45) is 0.409. The number of aromatic nitrogens is 1. The van der Waals surface area contributed by atoms with Gasteiger partial charge in [0.05, 0.1) is 10.0 Å². The monoisotopic (exact) mass is 435 g/mol. The Morgan fingerprint density at radius 3 is 2.69 bits per heavy atom. The van der Waals surface area contributed by atoms with Gasteiger partial charge in [-0.15, -0.1) is 0 Å². The number of amides is 2. The van der Waals surface area contributed by atoms with Crippen molar-refractivity contribution in [3.63, 3.8) is 0 Å². The minimum Gasteiger partial charge on any atom is -0.477 e. The number of halogens is 2. The number of urea groups is 1. The molecule has 4 N–H and O–H groups in total. The molecule has 1 heterocycles. The minimum absolute atomic E-state index is 0.0449. The van der Waals surface area contributed by atoms with Crippen molar-refractivity contribution in [2.45, 2.75) is 17.2 Å². The molecule has 0 spiro atoms. The van der Waals surface area contributed by atoms with Gasteiger partial charge in [0.1, 0.15) is 15.6 Å². The summed E-state index contributed by atoms with van der Waals surface area (Å²) in [4.78, 5) is 23.3. The van der Waals surface area contributed by atoms with Crippen molar-refractivity contribution in [1.29, 1.82) is 0 Å². The summed E-state index contributed by atoms with van der Waals surface area (Å²) < 4.78 is 4.12. The number of carboxylic acids is 1. The molecule has 26 heavy (non-hydrogen) atoms. The zero-order valence-corrected chi connectivity index (χ0v) is 16.4. The quantitative estimate of drug-likeness (QED) is 0.369. The Morgan fingerprint density at radius 1 is 1.27 bits per heavy atom. The van der Waals surface area contributed by atoms with Crippen molar-refractivity contribution in [2.75, 3.05) is 18.5 Å². The summed E-state index contributed by atoms with van der Waals surface area (Å²) >= 11 is 14.0. The van der Waals surface area contributed by atoms with Crippen LogP contribution in [0.1, 0.15) is 22.3 Å². The van der Waals surface area contributed by atoms with E-state index < -0.39 is 12.0 Å². The molecule has 7 nitrogen and oxygen atoms in total. The highest BCUT2D eigenvalue weighted by Gasteiger charge is 2.22. The number of benzene rings is 1. The molecular weight excluding hydrogens is 421 g/mol. The summed E-state index contributed by atoms with van der Waals surface area (Å²) in [5, 5.41) is 24.5. The smallest absolute Gasteiger partial charge is 0.341 e. The van der Waals surface area contributed by atoms with Gasteiger partial charge in [0.15, 0.2) is 0 Å². The molecule has 0 atom stereocenters. The van der Waals surface area contributed by atoms with Gasteiger partial charge < -0.3 is 15.5 Å². The third kappa shape index (κ3) is 5.75. The normalized spacial score (nSPS) is 10.6. The van der Waals surface area contributed by atoms with Crippen LogP contribution in [0.3, 0.4) is 0 Å². The first kappa shape index (κ1) is 20.8. The van der Waals surface area contributed by atoms with Crippen molar-refractivity contribution >= 4 is 63.5 Å².